The lowest BCUT2D eigenvalue weighted by molar-refractivity contribution is -0.384. The maximum Gasteiger partial charge on any atom is 0.362 e. The highest BCUT2D eigenvalue weighted by molar-refractivity contribution is 5.96. The normalized spacial score (nSPS) is 9.71. The Labute approximate surface area is 119 Å². The van der Waals surface area contributed by atoms with E-state index in [0.717, 1.165) is 6.07 Å². The molecule has 21 heavy (non-hydrogen) atoms. The van der Waals surface area contributed by atoms with Crippen LogP contribution in [0.4, 0.5) is 5.69 Å². The van der Waals surface area contributed by atoms with Crippen LogP contribution >= 0.6 is 0 Å². The van der Waals surface area contributed by atoms with Gasteiger partial charge in [0.2, 0.25) is 0 Å². The van der Waals surface area contributed by atoms with Crippen molar-refractivity contribution in [3.63, 3.8) is 0 Å². The third-order valence-electron chi connectivity index (χ3n) is 2.57. The van der Waals surface area contributed by atoms with Gasteiger partial charge in [0, 0.05) is 17.7 Å². The van der Waals surface area contributed by atoms with Crippen molar-refractivity contribution < 1.29 is 19.3 Å². The number of non-ortho nitro benzene ring substituents is 1. The number of hydrogen-bond acceptors (Lipinski definition) is 5. The molecule has 0 spiro atoms. The summed E-state index contributed by atoms with van der Waals surface area (Å²) < 4.78 is 0. The van der Waals surface area contributed by atoms with Gasteiger partial charge in [0.15, 0.2) is 0 Å². The van der Waals surface area contributed by atoms with Gasteiger partial charge in [0.1, 0.15) is 0 Å². The van der Waals surface area contributed by atoms with Crippen molar-refractivity contribution in [2.45, 2.75) is 0 Å². The number of rotatable bonds is 3. The largest absolute Gasteiger partial charge is 0.362 e. The zero-order valence-electron chi connectivity index (χ0n) is 10.7. The van der Waals surface area contributed by atoms with Gasteiger partial charge < -0.3 is 4.84 Å². The Hall–Kier alpha value is -3.22. The van der Waals surface area contributed by atoms with Gasteiger partial charge >= 0.3 is 5.97 Å². The Balaban J connectivity index is 2.01. The van der Waals surface area contributed by atoms with Crippen molar-refractivity contribution in [1.82, 2.24) is 5.48 Å². The molecule has 0 heterocycles. The average Bonchev–Trinajstić information content (AvgIpc) is 2.53. The number of nitrogens with zero attached hydrogens (tertiary/aromatic N) is 1. The van der Waals surface area contributed by atoms with Gasteiger partial charge in [0.05, 0.1) is 10.5 Å². The molecular formula is C14H10N2O5. The molecule has 0 radical (unpaired) electrons. The molecule has 2 aromatic carbocycles. The van der Waals surface area contributed by atoms with E-state index in [0.29, 0.717) is 0 Å². The molecule has 0 saturated carbocycles. The lowest BCUT2D eigenvalue weighted by Crippen LogP contribution is -2.27. The van der Waals surface area contributed by atoms with Crippen LogP contribution in [0.5, 0.6) is 0 Å². The van der Waals surface area contributed by atoms with Gasteiger partial charge in [-0.3, -0.25) is 14.9 Å². The number of hydrogen-bond donors (Lipinski definition) is 1. The Kier molecular flexibility index (Phi) is 4.25. The Morgan fingerprint density at radius 1 is 1.00 bits per heavy atom. The van der Waals surface area contributed by atoms with Gasteiger partial charge in [-0.15, -0.1) is 0 Å². The first kappa shape index (κ1) is 14.2. The molecule has 0 aliphatic rings. The molecule has 0 aliphatic carbocycles. The number of nitro benzene ring substituents is 1. The molecule has 0 aromatic heterocycles. The second-order valence-corrected chi connectivity index (χ2v) is 3.99. The summed E-state index contributed by atoms with van der Waals surface area (Å²) in [5.41, 5.74) is 2.02. The van der Waals surface area contributed by atoms with E-state index in [4.69, 9.17) is 0 Å². The first-order chi connectivity index (χ1) is 10.1. The van der Waals surface area contributed by atoms with Crippen LogP contribution in [-0.4, -0.2) is 16.8 Å². The third-order valence-corrected chi connectivity index (χ3v) is 2.57. The molecule has 2 rings (SSSR count). The summed E-state index contributed by atoms with van der Waals surface area (Å²) >= 11 is 0. The third kappa shape index (κ3) is 3.63. The van der Waals surface area contributed by atoms with E-state index < -0.39 is 16.8 Å². The molecule has 0 aliphatic heterocycles. The number of amides is 1. The van der Waals surface area contributed by atoms with Gasteiger partial charge in [-0.25, -0.2) is 4.79 Å². The van der Waals surface area contributed by atoms with Crippen LogP contribution in [0.2, 0.25) is 0 Å². The maximum atomic E-state index is 11.7. The molecule has 1 amide bonds. The second-order valence-electron chi connectivity index (χ2n) is 3.99. The maximum absolute atomic E-state index is 11.7. The predicted octanol–water partition coefficient (Wildman–Crippen LogP) is 2.10. The van der Waals surface area contributed by atoms with Crippen LogP contribution in [0.1, 0.15) is 20.7 Å². The molecule has 0 saturated heterocycles. The number of nitrogens with one attached hydrogen (secondary N) is 1. The first-order valence-corrected chi connectivity index (χ1v) is 5.89. The lowest BCUT2D eigenvalue weighted by Gasteiger charge is -2.05. The van der Waals surface area contributed by atoms with Crippen molar-refractivity contribution in [1.29, 1.82) is 0 Å². The van der Waals surface area contributed by atoms with Gasteiger partial charge in [-0.2, -0.15) is 5.48 Å². The van der Waals surface area contributed by atoms with Crippen molar-refractivity contribution in [3.05, 3.63) is 75.8 Å². The van der Waals surface area contributed by atoms with E-state index in [1.807, 2.05) is 5.48 Å². The number of benzene rings is 2. The molecule has 106 valence electrons. The first-order valence-electron chi connectivity index (χ1n) is 5.89. The highest BCUT2D eigenvalue weighted by atomic mass is 16.7. The molecule has 0 atom stereocenters. The minimum absolute atomic E-state index is 0.0186. The molecule has 7 heteroatoms. The number of hydroxylamine groups is 1. The topological polar surface area (TPSA) is 98.5 Å². The minimum atomic E-state index is -0.747. The number of nitro groups is 1. The zero-order valence-corrected chi connectivity index (χ0v) is 10.7. The molecule has 0 fully saturated rings. The Bertz CT molecular complexity index is 685. The molecule has 2 aromatic rings. The van der Waals surface area contributed by atoms with Crippen LogP contribution < -0.4 is 5.48 Å². The van der Waals surface area contributed by atoms with E-state index in [1.54, 1.807) is 18.2 Å². The summed E-state index contributed by atoms with van der Waals surface area (Å²) in [4.78, 5) is 38.0. The minimum Gasteiger partial charge on any atom is -0.335 e. The zero-order chi connectivity index (χ0) is 15.2. The van der Waals surface area contributed by atoms with Crippen molar-refractivity contribution >= 4 is 17.6 Å². The summed E-state index contributed by atoms with van der Waals surface area (Å²) in [6.07, 6.45) is 0. The summed E-state index contributed by atoms with van der Waals surface area (Å²) in [6, 6.07) is 13.2. The highest BCUT2D eigenvalue weighted by Crippen LogP contribution is 2.13. The van der Waals surface area contributed by atoms with E-state index in [1.165, 1.54) is 30.3 Å². The fraction of sp³-hybridized carbons (Fsp3) is 0. The van der Waals surface area contributed by atoms with Gasteiger partial charge in [-0.05, 0) is 18.2 Å². The molecule has 0 bridgehead atoms. The van der Waals surface area contributed by atoms with Crippen molar-refractivity contribution in [2.75, 3.05) is 0 Å². The average molecular weight is 286 g/mol. The fourth-order valence-corrected chi connectivity index (χ4v) is 1.55. The van der Waals surface area contributed by atoms with E-state index in [2.05, 4.69) is 4.84 Å². The Morgan fingerprint density at radius 3 is 2.33 bits per heavy atom. The summed E-state index contributed by atoms with van der Waals surface area (Å²) in [5.74, 6) is -1.47. The summed E-state index contributed by atoms with van der Waals surface area (Å²) in [5, 5.41) is 10.6. The molecule has 1 N–H and O–H groups in total. The lowest BCUT2D eigenvalue weighted by atomic mass is 10.2. The number of carbonyl (C=O) groups is 2. The quantitative estimate of drug-likeness (QED) is 0.688. The molecular weight excluding hydrogens is 276 g/mol. The van der Waals surface area contributed by atoms with Gasteiger partial charge in [-0.1, -0.05) is 24.3 Å². The standard InChI is InChI=1S/C14H10N2O5/c17-13(11-7-4-8-12(9-11)16(19)20)15-21-14(18)10-5-2-1-3-6-10/h1-9H,(H,15,17). The smallest absolute Gasteiger partial charge is 0.335 e. The second kappa shape index (κ2) is 6.29. The monoisotopic (exact) mass is 286 g/mol. The number of carbonyl (C=O) groups excluding carboxylic acids is 2. The van der Waals surface area contributed by atoms with Crippen LogP contribution in [-0.2, 0) is 4.84 Å². The summed E-state index contributed by atoms with van der Waals surface area (Å²) in [7, 11) is 0. The van der Waals surface area contributed by atoms with Crippen LogP contribution in [0.3, 0.4) is 0 Å². The molecule has 0 unspecified atom stereocenters. The highest BCUT2D eigenvalue weighted by Gasteiger charge is 2.13. The Morgan fingerprint density at radius 2 is 1.67 bits per heavy atom. The molecule has 7 nitrogen and oxygen atoms in total. The predicted molar refractivity (Wildman–Crippen MR) is 72.4 cm³/mol. The van der Waals surface area contributed by atoms with E-state index in [9.17, 15) is 19.7 Å². The summed E-state index contributed by atoms with van der Waals surface area (Å²) in [6.45, 7) is 0. The van der Waals surface area contributed by atoms with E-state index in [-0.39, 0.29) is 16.8 Å². The van der Waals surface area contributed by atoms with Gasteiger partial charge in [0.25, 0.3) is 11.6 Å². The van der Waals surface area contributed by atoms with Crippen LogP contribution in [0, 0.1) is 10.1 Å². The van der Waals surface area contributed by atoms with E-state index >= 15 is 0 Å². The van der Waals surface area contributed by atoms with Crippen molar-refractivity contribution in [3.8, 4) is 0 Å². The van der Waals surface area contributed by atoms with Crippen LogP contribution in [0.25, 0.3) is 0 Å². The fourth-order valence-electron chi connectivity index (χ4n) is 1.55. The van der Waals surface area contributed by atoms with Crippen molar-refractivity contribution in [2.24, 2.45) is 0 Å². The SMILES string of the molecule is O=C(NOC(=O)c1ccccc1)c1cccc([N+](=O)[O-])c1. The van der Waals surface area contributed by atoms with Crippen LogP contribution in [0.15, 0.2) is 54.6 Å².